The predicted octanol–water partition coefficient (Wildman–Crippen LogP) is 2.74. The van der Waals surface area contributed by atoms with Crippen molar-refractivity contribution in [1.82, 2.24) is 9.62 Å². The summed E-state index contributed by atoms with van der Waals surface area (Å²) in [5.74, 6) is 0. The number of piperidine rings is 1. The summed E-state index contributed by atoms with van der Waals surface area (Å²) in [5, 5.41) is 3.48. The summed E-state index contributed by atoms with van der Waals surface area (Å²) in [6.07, 6.45) is 5.27. The smallest absolute Gasteiger partial charge is 0.243 e. The molecule has 0 aliphatic carbocycles. The summed E-state index contributed by atoms with van der Waals surface area (Å²) in [6, 6.07) is 7.38. The van der Waals surface area contributed by atoms with E-state index in [9.17, 15) is 8.42 Å². The summed E-state index contributed by atoms with van der Waals surface area (Å²) in [5.41, 5.74) is 0. The van der Waals surface area contributed by atoms with Gasteiger partial charge in [0.15, 0.2) is 0 Å². The minimum atomic E-state index is -3.39. The average molecular weight is 373 g/mol. The van der Waals surface area contributed by atoms with Gasteiger partial charge in [-0.1, -0.05) is 22.4 Å². The van der Waals surface area contributed by atoms with Crippen molar-refractivity contribution in [1.29, 1.82) is 0 Å². The number of hydrogen-bond acceptors (Lipinski definition) is 3. The minimum absolute atomic E-state index is 0.106. The number of sulfonamides is 1. The largest absolute Gasteiger partial charge is 0.312 e. The Balaban J connectivity index is 1.89. The zero-order chi connectivity index (χ0) is 14.9. The normalized spacial score (nSPS) is 27.9. The van der Waals surface area contributed by atoms with Crippen LogP contribution in [0.2, 0.25) is 0 Å². The highest BCUT2D eigenvalue weighted by atomic mass is 79.9. The molecule has 0 saturated carbocycles. The van der Waals surface area contributed by atoms with E-state index < -0.39 is 10.0 Å². The summed E-state index contributed by atoms with van der Waals surface area (Å²) < 4.78 is 28.5. The molecule has 0 radical (unpaired) electrons. The van der Waals surface area contributed by atoms with Crippen molar-refractivity contribution >= 4 is 26.0 Å². The van der Waals surface area contributed by atoms with Gasteiger partial charge in [0.1, 0.15) is 0 Å². The standard InChI is InChI=1S/C15H21BrN2O2S/c16-12-6-8-13(9-7-12)21(19,20)18-11-2-1-5-15(18)14-4-3-10-17-14/h6-9,14-15,17H,1-5,10-11H2. The third-order valence-corrected chi connectivity index (χ3v) is 6.95. The van der Waals surface area contributed by atoms with E-state index in [4.69, 9.17) is 0 Å². The van der Waals surface area contributed by atoms with E-state index >= 15 is 0 Å². The fourth-order valence-electron chi connectivity index (χ4n) is 3.41. The van der Waals surface area contributed by atoms with Gasteiger partial charge >= 0.3 is 0 Å². The molecule has 1 aromatic carbocycles. The van der Waals surface area contributed by atoms with Crippen molar-refractivity contribution in [3.63, 3.8) is 0 Å². The molecule has 2 fully saturated rings. The Morgan fingerprint density at radius 1 is 1.10 bits per heavy atom. The highest BCUT2D eigenvalue weighted by molar-refractivity contribution is 9.10. The van der Waals surface area contributed by atoms with E-state index in [-0.39, 0.29) is 6.04 Å². The Kier molecular flexibility index (Phi) is 4.69. The highest BCUT2D eigenvalue weighted by Crippen LogP contribution is 2.30. The molecule has 0 spiro atoms. The van der Waals surface area contributed by atoms with Crippen molar-refractivity contribution in [2.24, 2.45) is 0 Å². The molecule has 0 aromatic heterocycles. The molecule has 3 rings (SSSR count). The third-order valence-electron chi connectivity index (χ3n) is 4.48. The lowest BCUT2D eigenvalue weighted by atomic mass is 9.97. The van der Waals surface area contributed by atoms with Crippen LogP contribution in [-0.2, 0) is 10.0 Å². The topological polar surface area (TPSA) is 49.4 Å². The number of rotatable bonds is 3. The second-order valence-electron chi connectivity index (χ2n) is 5.84. The molecule has 2 heterocycles. The van der Waals surface area contributed by atoms with E-state index in [0.29, 0.717) is 17.5 Å². The van der Waals surface area contributed by atoms with Crippen LogP contribution in [-0.4, -0.2) is 37.9 Å². The average Bonchev–Trinajstić information content (AvgIpc) is 3.02. The summed E-state index contributed by atoms with van der Waals surface area (Å²) >= 11 is 3.36. The van der Waals surface area contributed by atoms with Crippen molar-refractivity contribution in [2.45, 2.75) is 49.1 Å². The van der Waals surface area contributed by atoms with Gasteiger partial charge in [-0.25, -0.2) is 8.42 Å². The van der Waals surface area contributed by atoms with Gasteiger partial charge in [-0.15, -0.1) is 0 Å². The highest BCUT2D eigenvalue weighted by Gasteiger charge is 2.38. The van der Waals surface area contributed by atoms with E-state index in [0.717, 1.165) is 43.1 Å². The van der Waals surface area contributed by atoms with Gasteiger partial charge < -0.3 is 5.32 Å². The van der Waals surface area contributed by atoms with Crippen LogP contribution in [0.15, 0.2) is 33.6 Å². The molecule has 2 aliphatic rings. The van der Waals surface area contributed by atoms with E-state index in [2.05, 4.69) is 21.2 Å². The van der Waals surface area contributed by atoms with Gasteiger partial charge in [0.2, 0.25) is 10.0 Å². The lowest BCUT2D eigenvalue weighted by Gasteiger charge is -2.38. The van der Waals surface area contributed by atoms with Crippen LogP contribution >= 0.6 is 15.9 Å². The number of nitrogens with one attached hydrogen (secondary N) is 1. The molecular weight excluding hydrogens is 352 g/mol. The van der Waals surface area contributed by atoms with E-state index in [1.165, 1.54) is 0 Å². The zero-order valence-electron chi connectivity index (χ0n) is 12.0. The summed E-state index contributed by atoms with van der Waals surface area (Å²) in [4.78, 5) is 0.399. The van der Waals surface area contributed by atoms with E-state index in [1.807, 2.05) is 0 Å². The van der Waals surface area contributed by atoms with Gasteiger partial charge in [0.05, 0.1) is 4.90 Å². The molecule has 21 heavy (non-hydrogen) atoms. The van der Waals surface area contributed by atoms with Crippen molar-refractivity contribution in [3.05, 3.63) is 28.7 Å². The molecule has 2 saturated heterocycles. The van der Waals surface area contributed by atoms with Crippen molar-refractivity contribution < 1.29 is 8.42 Å². The summed E-state index contributed by atoms with van der Waals surface area (Å²) in [7, 11) is -3.39. The Morgan fingerprint density at radius 2 is 1.86 bits per heavy atom. The minimum Gasteiger partial charge on any atom is -0.312 e. The quantitative estimate of drug-likeness (QED) is 0.887. The van der Waals surface area contributed by atoms with Gasteiger partial charge in [-0.2, -0.15) is 4.31 Å². The Hall–Kier alpha value is -0.430. The predicted molar refractivity (Wildman–Crippen MR) is 86.7 cm³/mol. The number of hydrogen-bond donors (Lipinski definition) is 1. The van der Waals surface area contributed by atoms with Crippen LogP contribution in [0.4, 0.5) is 0 Å². The second kappa shape index (κ2) is 6.36. The molecular formula is C15H21BrN2O2S. The fourth-order valence-corrected chi connectivity index (χ4v) is 5.41. The van der Waals surface area contributed by atoms with E-state index in [1.54, 1.807) is 28.6 Å². The molecule has 0 amide bonds. The zero-order valence-corrected chi connectivity index (χ0v) is 14.4. The van der Waals surface area contributed by atoms with Crippen LogP contribution in [0, 0.1) is 0 Å². The molecule has 6 heteroatoms. The molecule has 116 valence electrons. The first-order valence-electron chi connectivity index (χ1n) is 7.60. The summed E-state index contributed by atoms with van der Waals surface area (Å²) in [6.45, 7) is 1.65. The van der Waals surface area contributed by atoms with Gasteiger partial charge in [-0.3, -0.25) is 0 Å². The molecule has 1 aromatic rings. The van der Waals surface area contributed by atoms with Crippen LogP contribution in [0.1, 0.15) is 32.1 Å². The van der Waals surface area contributed by atoms with Gasteiger partial charge in [0.25, 0.3) is 0 Å². The van der Waals surface area contributed by atoms with Gasteiger partial charge in [0, 0.05) is 23.1 Å². The first-order valence-corrected chi connectivity index (χ1v) is 9.83. The van der Waals surface area contributed by atoms with Crippen molar-refractivity contribution in [3.8, 4) is 0 Å². The molecule has 2 unspecified atom stereocenters. The van der Waals surface area contributed by atoms with Crippen LogP contribution in [0.5, 0.6) is 0 Å². The fraction of sp³-hybridized carbons (Fsp3) is 0.600. The maximum absolute atomic E-state index is 12.9. The number of halogens is 1. The maximum atomic E-state index is 12.9. The Labute approximate surface area is 135 Å². The molecule has 2 aliphatic heterocycles. The van der Waals surface area contributed by atoms with Crippen LogP contribution < -0.4 is 5.32 Å². The first kappa shape index (κ1) is 15.5. The van der Waals surface area contributed by atoms with Gasteiger partial charge in [-0.05, 0) is 56.5 Å². The Morgan fingerprint density at radius 3 is 2.52 bits per heavy atom. The molecule has 2 atom stereocenters. The molecule has 0 bridgehead atoms. The maximum Gasteiger partial charge on any atom is 0.243 e. The van der Waals surface area contributed by atoms with Crippen LogP contribution in [0.25, 0.3) is 0 Å². The Bertz CT molecular complexity index is 582. The van der Waals surface area contributed by atoms with Crippen LogP contribution in [0.3, 0.4) is 0 Å². The lowest BCUT2D eigenvalue weighted by molar-refractivity contribution is 0.211. The second-order valence-corrected chi connectivity index (χ2v) is 8.64. The first-order chi connectivity index (χ1) is 10.1. The SMILES string of the molecule is O=S(=O)(c1ccc(Br)cc1)N1CCCCC1C1CCCN1. The molecule has 1 N–H and O–H groups in total. The monoisotopic (exact) mass is 372 g/mol. The molecule has 4 nitrogen and oxygen atoms in total. The number of benzene rings is 1. The lowest BCUT2D eigenvalue weighted by Crippen LogP contribution is -2.52. The number of nitrogens with zero attached hydrogens (tertiary/aromatic N) is 1. The van der Waals surface area contributed by atoms with Crippen molar-refractivity contribution in [2.75, 3.05) is 13.1 Å². The third kappa shape index (κ3) is 3.18.